The van der Waals surface area contributed by atoms with E-state index in [9.17, 15) is 9.59 Å². The summed E-state index contributed by atoms with van der Waals surface area (Å²) in [7, 11) is 3.51. The van der Waals surface area contributed by atoms with E-state index in [1.54, 1.807) is 23.2 Å². The van der Waals surface area contributed by atoms with Crippen LogP contribution in [0.25, 0.3) is 11.0 Å². The van der Waals surface area contributed by atoms with E-state index in [0.29, 0.717) is 0 Å². The van der Waals surface area contributed by atoms with Gasteiger partial charge in [0.05, 0.1) is 11.0 Å². The molecule has 7 heteroatoms. The zero-order chi connectivity index (χ0) is 16.2. The number of aryl methyl sites for hydroxylation is 2. The zero-order valence-electron chi connectivity index (χ0n) is 14.0. The summed E-state index contributed by atoms with van der Waals surface area (Å²) >= 11 is 0. The molecule has 130 valence electrons. The van der Waals surface area contributed by atoms with Gasteiger partial charge in [-0.3, -0.25) is 13.9 Å². The molecular weight excluding hydrogens is 328 g/mol. The lowest BCUT2D eigenvalue weighted by molar-refractivity contribution is -0.118. The molecule has 1 aliphatic carbocycles. The van der Waals surface area contributed by atoms with Gasteiger partial charge in [0.15, 0.2) is 0 Å². The van der Waals surface area contributed by atoms with Crippen LogP contribution in [0.15, 0.2) is 23.0 Å². The molecule has 1 aromatic heterocycles. The molecule has 2 N–H and O–H groups in total. The largest absolute Gasteiger partial charge is 0.328 e. The lowest BCUT2D eigenvalue weighted by Crippen LogP contribution is -2.31. The smallest absolute Gasteiger partial charge is 0.326 e. The number of halogens is 1. The Balaban J connectivity index is 0.00000169. The van der Waals surface area contributed by atoms with E-state index in [2.05, 4.69) is 10.6 Å². The number of carbonyl (C=O) groups is 1. The second kappa shape index (κ2) is 5.93. The van der Waals surface area contributed by atoms with Crippen LogP contribution in [0.2, 0.25) is 0 Å². The fourth-order valence-electron chi connectivity index (χ4n) is 4.01. The lowest BCUT2D eigenvalue weighted by atomic mass is 9.92. The van der Waals surface area contributed by atoms with Crippen LogP contribution in [0.1, 0.15) is 19.3 Å². The van der Waals surface area contributed by atoms with Crippen LogP contribution in [0.4, 0.5) is 5.69 Å². The van der Waals surface area contributed by atoms with Crippen molar-refractivity contribution >= 4 is 35.0 Å². The van der Waals surface area contributed by atoms with Gasteiger partial charge in [-0.2, -0.15) is 0 Å². The summed E-state index contributed by atoms with van der Waals surface area (Å²) in [5.74, 6) is 0.257. The number of amides is 1. The third-order valence-electron chi connectivity index (χ3n) is 5.65. The predicted octanol–water partition coefficient (Wildman–Crippen LogP) is 1.63. The molecule has 0 bridgehead atoms. The van der Waals surface area contributed by atoms with E-state index >= 15 is 0 Å². The molecule has 1 saturated carbocycles. The highest BCUT2D eigenvalue weighted by molar-refractivity contribution is 5.96. The van der Waals surface area contributed by atoms with E-state index in [1.807, 2.05) is 18.2 Å². The van der Waals surface area contributed by atoms with Crippen molar-refractivity contribution < 1.29 is 4.79 Å². The number of rotatable bonds is 2. The third-order valence-corrected chi connectivity index (χ3v) is 5.65. The molecule has 4 rings (SSSR count). The molecule has 2 aliphatic rings. The Kier molecular flexibility index (Phi) is 4.21. The van der Waals surface area contributed by atoms with Gasteiger partial charge in [0, 0.05) is 25.7 Å². The molecule has 2 heterocycles. The Bertz CT molecular complexity index is 848. The highest BCUT2D eigenvalue weighted by Gasteiger charge is 2.57. The quantitative estimate of drug-likeness (QED) is 0.865. The highest BCUT2D eigenvalue weighted by Crippen LogP contribution is 2.58. The Morgan fingerprint density at radius 1 is 1.21 bits per heavy atom. The molecule has 1 amide bonds. The number of benzene rings is 1. The summed E-state index contributed by atoms with van der Waals surface area (Å²) < 4.78 is 3.22. The number of hydrogen-bond donors (Lipinski definition) is 2. The maximum absolute atomic E-state index is 12.5. The van der Waals surface area contributed by atoms with Crippen molar-refractivity contribution in [3.8, 4) is 0 Å². The topological polar surface area (TPSA) is 68.1 Å². The van der Waals surface area contributed by atoms with Gasteiger partial charge in [-0.05, 0) is 56.0 Å². The molecule has 1 unspecified atom stereocenters. The molecule has 6 nitrogen and oxygen atoms in total. The SMILES string of the molecule is Cl.Cn1c(=O)n(C)c2cc(NC(=O)C3CC34CCNCC4)ccc21. The average molecular weight is 351 g/mol. The second-order valence-electron chi connectivity index (χ2n) is 6.96. The van der Waals surface area contributed by atoms with Crippen LogP contribution < -0.4 is 16.3 Å². The fraction of sp³-hybridized carbons (Fsp3) is 0.529. The van der Waals surface area contributed by atoms with Gasteiger partial charge >= 0.3 is 5.69 Å². The van der Waals surface area contributed by atoms with Gasteiger partial charge in [-0.1, -0.05) is 0 Å². The first-order chi connectivity index (χ1) is 11.0. The zero-order valence-corrected chi connectivity index (χ0v) is 14.8. The van der Waals surface area contributed by atoms with E-state index < -0.39 is 0 Å². The number of carbonyl (C=O) groups excluding carboxylic acids is 1. The van der Waals surface area contributed by atoms with Crippen LogP contribution in [-0.2, 0) is 18.9 Å². The van der Waals surface area contributed by atoms with Crippen molar-refractivity contribution in [2.24, 2.45) is 25.4 Å². The normalized spacial score (nSPS) is 21.5. The standard InChI is InChI=1S/C17H22N4O2.ClH/c1-20-13-4-3-11(9-14(13)21(2)16(20)23)19-15(22)12-10-17(12)5-7-18-8-6-17;/h3-4,9,12,18H,5-8,10H2,1-2H3,(H,19,22);1H. The monoisotopic (exact) mass is 350 g/mol. The Labute approximate surface area is 146 Å². The molecular formula is C17H23ClN4O2. The van der Waals surface area contributed by atoms with Crippen LogP contribution in [0.5, 0.6) is 0 Å². The van der Waals surface area contributed by atoms with Crippen LogP contribution in [-0.4, -0.2) is 28.1 Å². The van der Waals surface area contributed by atoms with Crippen LogP contribution >= 0.6 is 12.4 Å². The van der Waals surface area contributed by atoms with Crippen molar-refractivity contribution in [2.45, 2.75) is 19.3 Å². The van der Waals surface area contributed by atoms with E-state index in [4.69, 9.17) is 0 Å². The minimum absolute atomic E-state index is 0. The van der Waals surface area contributed by atoms with Gasteiger partial charge in [-0.15, -0.1) is 12.4 Å². The first kappa shape index (κ1) is 17.0. The maximum Gasteiger partial charge on any atom is 0.328 e. The van der Waals surface area contributed by atoms with Crippen molar-refractivity contribution in [3.63, 3.8) is 0 Å². The number of anilines is 1. The maximum atomic E-state index is 12.5. The molecule has 1 aliphatic heterocycles. The average Bonchev–Trinajstić information content (AvgIpc) is 3.21. The molecule has 2 aromatic rings. The molecule has 2 fully saturated rings. The number of fused-ring (bicyclic) bond motifs is 1. The number of nitrogens with one attached hydrogen (secondary N) is 2. The number of nitrogens with zero attached hydrogens (tertiary/aromatic N) is 2. The highest BCUT2D eigenvalue weighted by atomic mass is 35.5. The number of aromatic nitrogens is 2. The molecule has 0 radical (unpaired) electrons. The van der Waals surface area contributed by atoms with Crippen molar-refractivity contribution in [3.05, 3.63) is 28.7 Å². The first-order valence-corrected chi connectivity index (χ1v) is 8.19. The minimum atomic E-state index is -0.0562. The summed E-state index contributed by atoms with van der Waals surface area (Å²) in [6.07, 6.45) is 3.20. The van der Waals surface area contributed by atoms with E-state index in [0.717, 1.165) is 49.1 Å². The van der Waals surface area contributed by atoms with Gasteiger partial charge < -0.3 is 10.6 Å². The Hall–Kier alpha value is -1.79. The molecule has 1 saturated heterocycles. The van der Waals surface area contributed by atoms with Gasteiger partial charge in [0.1, 0.15) is 0 Å². The van der Waals surface area contributed by atoms with Crippen LogP contribution in [0, 0.1) is 11.3 Å². The summed E-state index contributed by atoms with van der Waals surface area (Å²) in [4.78, 5) is 24.5. The van der Waals surface area contributed by atoms with Crippen molar-refractivity contribution in [2.75, 3.05) is 18.4 Å². The Morgan fingerprint density at radius 3 is 2.58 bits per heavy atom. The molecule has 1 aromatic carbocycles. The predicted molar refractivity (Wildman–Crippen MR) is 96.7 cm³/mol. The second-order valence-corrected chi connectivity index (χ2v) is 6.96. The minimum Gasteiger partial charge on any atom is -0.326 e. The molecule has 1 atom stereocenters. The van der Waals surface area contributed by atoms with Crippen molar-refractivity contribution in [1.82, 2.24) is 14.5 Å². The fourth-order valence-corrected chi connectivity index (χ4v) is 4.01. The number of imidazole rings is 1. The van der Waals surface area contributed by atoms with E-state index in [-0.39, 0.29) is 35.3 Å². The molecule has 1 spiro atoms. The summed E-state index contributed by atoms with van der Waals surface area (Å²) in [6, 6.07) is 5.64. The number of hydrogen-bond acceptors (Lipinski definition) is 3. The van der Waals surface area contributed by atoms with Crippen molar-refractivity contribution in [1.29, 1.82) is 0 Å². The van der Waals surface area contributed by atoms with Crippen LogP contribution in [0.3, 0.4) is 0 Å². The summed E-state index contributed by atoms with van der Waals surface area (Å²) in [5, 5.41) is 6.40. The van der Waals surface area contributed by atoms with Gasteiger partial charge in [-0.25, -0.2) is 4.79 Å². The lowest BCUT2D eigenvalue weighted by Gasteiger charge is -2.23. The van der Waals surface area contributed by atoms with E-state index in [1.165, 1.54) is 0 Å². The third kappa shape index (κ3) is 2.54. The Morgan fingerprint density at radius 2 is 1.88 bits per heavy atom. The summed E-state index contributed by atoms with van der Waals surface area (Å²) in [6.45, 7) is 2.03. The van der Waals surface area contributed by atoms with Gasteiger partial charge in [0.2, 0.25) is 5.91 Å². The summed E-state index contributed by atoms with van der Waals surface area (Å²) in [5.41, 5.74) is 2.65. The molecule has 24 heavy (non-hydrogen) atoms. The number of piperidine rings is 1. The first-order valence-electron chi connectivity index (χ1n) is 8.19. The van der Waals surface area contributed by atoms with Gasteiger partial charge in [0.25, 0.3) is 0 Å².